The van der Waals surface area contributed by atoms with E-state index in [1.165, 1.54) is 12.8 Å². The molecule has 0 N–H and O–H groups in total. The summed E-state index contributed by atoms with van der Waals surface area (Å²) in [7, 11) is -0.692. The molecule has 0 unspecified atom stereocenters. The van der Waals surface area contributed by atoms with Crippen molar-refractivity contribution in [3.05, 3.63) is 47.5 Å². The number of rotatable bonds is 3. The van der Waals surface area contributed by atoms with Crippen LogP contribution in [0.2, 0.25) is 0 Å². The van der Waals surface area contributed by atoms with Crippen molar-refractivity contribution in [2.24, 2.45) is 0 Å². The molecule has 1 aromatic heterocycles. The highest BCUT2D eigenvalue weighted by molar-refractivity contribution is 6.62. The van der Waals surface area contributed by atoms with E-state index in [-0.39, 0.29) is 5.82 Å². The van der Waals surface area contributed by atoms with Crippen molar-refractivity contribution in [1.82, 2.24) is 4.98 Å². The molecule has 1 saturated heterocycles. The van der Waals surface area contributed by atoms with Crippen molar-refractivity contribution in [2.75, 3.05) is 0 Å². The zero-order chi connectivity index (χ0) is 18.7. The number of hydrogen-bond acceptors (Lipinski definition) is 3. The van der Waals surface area contributed by atoms with Crippen LogP contribution in [0.5, 0.6) is 0 Å². The molecule has 0 spiro atoms. The molecule has 0 amide bonds. The predicted octanol–water partition coefficient (Wildman–Crippen LogP) is 4.37. The Bertz CT molecular complexity index is 828. The number of nitrogens with zero attached hydrogens (tertiary/aromatic N) is 1. The second-order valence-corrected chi connectivity index (χ2v) is 8.52. The topological polar surface area (TPSA) is 31.4 Å². The lowest BCUT2D eigenvalue weighted by Gasteiger charge is -2.32. The van der Waals surface area contributed by atoms with Crippen molar-refractivity contribution < 1.29 is 13.7 Å². The summed E-state index contributed by atoms with van der Waals surface area (Å²) in [6.07, 6.45) is 4.30. The summed E-state index contributed by atoms with van der Waals surface area (Å²) in [6.45, 7) is 9.87. The molecule has 3 nitrogen and oxygen atoms in total. The van der Waals surface area contributed by atoms with Crippen LogP contribution in [-0.4, -0.2) is 23.3 Å². The van der Waals surface area contributed by atoms with Crippen molar-refractivity contribution >= 4 is 12.6 Å². The van der Waals surface area contributed by atoms with Crippen LogP contribution in [0.1, 0.15) is 57.7 Å². The van der Waals surface area contributed by atoms with Crippen LogP contribution in [0.3, 0.4) is 0 Å². The van der Waals surface area contributed by atoms with Gasteiger partial charge < -0.3 is 9.31 Å². The number of pyridine rings is 1. The maximum absolute atomic E-state index is 14.9. The molecule has 5 heteroatoms. The van der Waals surface area contributed by atoms with Crippen LogP contribution >= 0.6 is 0 Å². The molecule has 1 aliphatic heterocycles. The summed E-state index contributed by atoms with van der Waals surface area (Å²) in [4.78, 5) is 4.55. The standard InChI is InChI=1S/C21H25BFNO2/c1-13-10-17(22-25-20(2,3)21(4,5)26-22)18(23)11-16(13)15-8-9-19(24-12-15)14-6-7-14/h8-12,14H,6-7H2,1-5H3. The zero-order valence-electron chi connectivity index (χ0n) is 16.1. The Morgan fingerprint density at radius 3 is 2.27 bits per heavy atom. The lowest BCUT2D eigenvalue weighted by molar-refractivity contribution is 0.00578. The third-order valence-electron chi connectivity index (χ3n) is 5.94. The van der Waals surface area contributed by atoms with Crippen molar-refractivity contribution in [3.63, 3.8) is 0 Å². The highest BCUT2D eigenvalue weighted by atomic mass is 19.1. The Morgan fingerprint density at radius 2 is 1.73 bits per heavy atom. The monoisotopic (exact) mass is 353 g/mol. The number of aryl methyl sites for hydroxylation is 1. The van der Waals surface area contributed by atoms with E-state index in [4.69, 9.17) is 9.31 Å². The van der Waals surface area contributed by atoms with Crippen LogP contribution in [0.25, 0.3) is 11.1 Å². The Balaban J connectivity index is 1.65. The summed E-state index contributed by atoms with van der Waals surface area (Å²) in [5.74, 6) is 0.308. The van der Waals surface area contributed by atoms with Crippen LogP contribution in [0, 0.1) is 12.7 Å². The van der Waals surface area contributed by atoms with Crippen molar-refractivity contribution in [2.45, 2.75) is 64.6 Å². The average molecular weight is 353 g/mol. The second kappa shape index (κ2) is 5.90. The van der Waals surface area contributed by atoms with Crippen molar-refractivity contribution in [3.8, 4) is 11.1 Å². The SMILES string of the molecule is Cc1cc(B2OC(C)(C)C(C)(C)O2)c(F)cc1-c1ccc(C2CC2)nc1. The Labute approximate surface area is 155 Å². The number of aromatic nitrogens is 1. The number of halogens is 1. The van der Waals surface area contributed by atoms with Crippen LogP contribution in [-0.2, 0) is 9.31 Å². The first kappa shape index (κ1) is 17.7. The van der Waals surface area contributed by atoms with Crippen LogP contribution < -0.4 is 5.46 Å². The Kier molecular flexibility index (Phi) is 4.01. The van der Waals surface area contributed by atoms with Crippen LogP contribution in [0.4, 0.5) is 4.39 Å². The number of benzene rings is 1. The largest absolute Gasteiger partial charge is 0.497 e. The van der Waals surface area contributed by atoms with E-state index in [9.17, 15) is 4.39 Å². The van der Waals surface area contributed by atoms with Gasteiger partial charge in [-0.25, -0.2) is 4.39 Å². The molecule has 2 aromatic rings. The molecule has 1 saturated carbocycles. The minimum absolute atomic E-state index is 0.310. The molecule has 1 aromatic carbocycles. The highest BCUT2D eigenvalue weighted by Gasteiger charge is 2.52. The Hall–Kier alpha value is -1.72. The van der Waals surface area contributed by atoms with E-state index in [2.05, 4.69) is 11.1 Å². The van der Waals surface area contributed by atoms with Crippen molar-refractivity contribution in [1.29, 1.82) is 0 Å². The Morgan fingerprint density at radius 1 is 1.08 bits per heavy atom. The van der Waals surface area contributed by atoms with Gasteiger partial charge in [-0.1, -0.05) is 12.1 Å². The van der Waals surface area contributed by atoms with Crippen LogP contribution in [0.15, 0.2) is 30.5 Å². The predicted molar refractivity (Wildman–Crippen MR) is 102 cm³/mol. The van der Waals surface area contributed by atoms with E-state index in [1.54, 1.807) is 6.07 Å². The van der Waals surface area contributed by atoms with Gasteiger partial charge >= 0.3 is 7.12 Å². The van der Waals surface area contributed by atoms with Gasteiger partial charge in [-0.05, 0) is 70.7 Å². The summed E-state index contributed by atoms with van der Waals surface area (Å²) in [5.41, 5.74) is 3.40. The van der Waals surface area contributed by atoms with Gasteiger partial charge in [0.1, 0.15) is 5.82 Å². The average Bonchev–Trinajstić information content (AvgIpc) is 3.37. The van der Waals surface area contributed by atoms with E-state index >= 15 is 0 Å². The van der Waals surface area contributed by atoms with Gasteiger partial charge in [0.25, 0.3) is 0 Å². The lowest BCUT2D eigenvalue weighted by atomic mass is 9.77. The molecule has 2 aliphatic rings. The fraction of sp³-hybridized carbons (Fsp3) is 0.476. The number of hydrogen-bond donors (Lipinski definition) is 0. The molecular weight excluding hydrogens is 328 g/mol. The van der Waals surface area contributed by atoms with Gasteiger partial charge in [-0.2, -0.15) is 0 Å². The van der Waals surface area contributed by atoms with E-state index in [0.29, 0.717) is 11.4 Å². The summed E-state index contributed by atoms with van der Waals surface area (Å²) in [6, 6.07) is 7.51. The molecule has 136 valence electrons. The van der Waals surface area contributed by atoms with Gasteiger partial charge in [-0.3, -0.25) is 4.98 Å². The quantitative estimate of drug-likeness (QED) is 0.768. The molecule has 2 fully saturated rings. The minimum atomic E-state index is -0.692. The maximum atomic E-state index is 14.9. The second-order valence-electron chi connectivity index (χ2n) is 8.52. The van der Waals surface area contributed by atoms with E-state index in [1.807, 2.05) is 52.9 Å². The lowest BCUT2D eigenvalue weighted by Crippen LogP contribution is -2.41. The molecule has 1 aliphatic carbocycles. The highest BCUT2D eigenvalue weighted by Crippen LogP contribution is 2.39. The first-order chi connectivity index (χ1) is 12.2. The van der Waals surface area contributed by atoms with Gasteiger partial charge in [0, 0.05) is 28.8 Å². The maximum Gasteiger partial charge on any atom is 0.497 e. The smallest absolute Gasteiger partial charge is 0.399 e. The van der Waals surface area contributed by atoms with Gasteiger partial charge in [0.05, 0.1) is 11.2 Å². The first-order valence-corrected chi connectivity index (χ1v) is 9.30. The third kappa shape index (κ3) is 2.97. The molecule has 2 heterocycles. The van der Waals surface area contributed by atoms with Gasteiger partial charge in [0.15, 0.2) is 0 Å². The first-order valence-electron chi connectivity index (χ1n) is 9.30. The fourth-order valence-corrected chi connectivity index (χ4v) is 3.35. The molecule has 0 radical (unpaired) electrons. The molecule has 26 heavy (non-hydrogen) atoms. The normalized spacial score (nSPS) is 21.2. The fourth-order valence-electron chi connectivity index (χ4n) is 3.35. The van der Waals surface area contributed by atoms with Gasteiger partial charge in [0.2, 0.25) is 0 Å². The third-order valence-corrected chi connectivity index (χ3v) is 5.94. The molecular formula is C21H25BFNO2. The van der Waals surface area contributed by atoms with E-state index < -0.39 is 18.3 Å². The molecule has 0 bridgehead atoms. The molecule has 0 atom stereocenters. The van der Waals surface area contributed by atoms with Gasteiger partial charge in [-0.15, -0.1) is 0 Å². The molecule has 4 rings (SSSR count). The summed E-state index contributed by atoms with van der Waals surface area (Å²) >= 11 is 0. The van der Waals surface area contributed by atoms with E-state index in [0.717, 1.165) is 22.4 Å². The summed E-state index contributed by atoms with van der Waals surface area (Å²) in [5, 5.41) is 0. The zero-order valence-corrected chi connectivity index (χ0v) is 16.1. The summed E-state index contributed by atoms with van der Waals surface area (Å²) < 4.78 is 26.9. The minimum Gasteiger partial charge on any atom is -0.399 e.